The van der Waals surface area contributed by atoms with Gasteiger partial charge in [0, 0.05) is 13.0 Å². The standard InChI is InChI=1S/C12H24N2O/c1-4-11(15)14-9-12(2,3)10-5-7-13-8-6-10/h10,13H,4-9H2,1-3H3,(H,14,15). The lowest BCUT2D eigenvalue weighted by atomic mass is 9.74. The van der Waals surface area contributed by atoms with Gasteiger partial charge in [0.15, 0.2) is 0 Å². The third-order valence-electron chi connectivity index (χ3n) is 3.51. The van der Waals surface area contributed by atoms with E-state index in [1.807, 2.05) is 6.92 Å². The van der Waals surface area contributed by atoms with Crippen molar-refractivity contribution in [1.29, 1.82) is 0 Å². The maximum absolute atomic E-state index is 11.2. The van der Waals surface area contributed by atoms with Gasteiger partial charge in [-0.2, -0.15) is 0 Å². The molecule has 1 aliphatic heterocycles. The van der Waals surface area contributed by atoms with E-state index in [9.17, 15) is 4.79 Å². The zero-order valence-corrected chi connectivity index (χ0v) is 10.2. The van der Waals surface area contributed by atoms with Gasteiger partial charge in [0.25, 0.3) is 0 Å². The summed E-state index contributed by atoms with van der Waals surface area (Å²) < 4.78 is 0. The number of piperidine rings is 1. The van der Waals surface area contributed by atoms with Crippen LogP contribution in [0.5, 0.6) is 0 Å². The Morgan fingerprint density at radius 2 is 2.00 bits per heavy atom. The summed E-state index contributed by atoms with van der Waals surface area (Å²) in [6.45, 7) is 9.47. The van der Waals surface area contributed by atoms with Gasteiger partial charge in [-0.3, -0.25) is 4.79 Å². The highest BCUT2D eigenvalue weighted by Gasteiger charge is 2.30. The summed E-state index contributed by atoms with van der Waals surface area (Å²) in [5.41, 5.74) is 0.229. The van der Waals surface area contributed by atoms with E-state index in [4.69, 9.17) is 0 Å². The summed E-state index contributed by atoms with van der Waals surface area (Å²) in [6.07, 6.45) is 3.05. The number of carbonyl (C=O) groups is 1. The maximum Gasteiger partial charge on any atom is 0.219 e. The molecule has 1 aliphatic rings. The Labute approximate surface area is 93.0 Å². The summed E-state index contributed by atoms with van der Waals surface area (Å²) in [5, 5.41) is 6.39. The second kappa shape index (κ2) is 5.50. The van der Waals surface area contributed by atoms with Crippen LogP contribution in [0.15, 0.2) is 0 Å². The Hall–Kier alpha value is -0.570. The van der Waals surface area contributed by atoms with Crippen molar-refractivity contribution in [2.45, 2.75) is 40.0 Å². The smallest absolute Gasteiger partial charge is 0.219 e. The minimum atomic E-state index is 0.164. The van der Waals surface area contributed by atoms with Gasteiger partial charge in [-0.1, -0.05) is 20.8 Å². The van der Waals surface area contributed by atoms with E-state index in [1.165, 1.54) is 12.8 Å². The molecule has 3 nitrogen and oxygen atoms in total. The second-order valence-corrected chi connectivity index (χ2v) is 5.14. The fourth-order valence-corrected chi connectivity index (χ4v) is 2.20. The van der Waals surface area contributed by atoms with E-state index < -0.39 is 0 Å². The Bertz CT molecular complexity index is 208. The number of nitrogens with one attached hydrogen (secondary N) is 2. The van der Waals surface area contributed by atoms with Crippen molar-refractivity contribution in [2.75, 3.05) is 19.6 Å². The van der Waals surface area contributed by atoms with Crippen molar-refractivity contribution < 1.29 is 4.79 Å². The first kappa shape index (κ1) is 12.5. The Morgan fingerprint density at radius 3 is 2.53 bits per heavy atom. The molecule has 3 heteroatoms. The minimum absolute atomic E-state index is 0.164. The van der Waals surface area contributed by atoms with Gasteiger partial charge < -0.3 is 10.6 Å². The fourth-order valence-electron chi connectivity index (χ4n) is 2.20. The molecule has 0 spiro atoms. The number of amides is 1. The van der Waals surface area contributed by atoms with E-state index in [0.717, 1.165) is 25.6 Å². The highest BCUT2D eigenvalue weighted by molar-refractivity contribution is 5.75. The largest absolute Gasteiger partial charge is 0.356 e. The van der Waals surface area contributed by atoms with E-state index in [1.54, 1.807) is 0 Å². The molecule has 1 rings (SSSR count). The average molecular weight is 212 g/mol. The van der Waals surface area contributed by atoms with Gasteiger partial charge in [0.05, 0.1) is 0 Å². The first-order valence-corrected chi connectivity index (χ1v) is 6.03. The molecular weight excluding hydrogens is 188 g/mol. The predicted octanol–water partition coefficient (Wildman–Crippen LogP) is 1.54. The summed E-state index contributed by atoms with van der Waals surface area (Å²) >= 11 is 0. The van der Waals surface area contributed by atoms with Crippen LogP contribution in [0.4, 0.5) is 0 Å². The van der Waals surface area contributed by atoms with Crippen LogP contribution in [0.2, 0.25) is 0 Å². The number of hydrogen-bond donors (Lipinski definition) is 2. The molecular formula is C12H24N2O. The molecule has 0 atom stereocenters. The second-order valence-electron chi connectivity index (χ2n) is 5.14. The lowest BCUT2D eigenvalue weighted by Crippen LogP contribution is -2.42. The van der Waals surface area contributed by atoms with Crippen molar-refractivity contribution in [3.63, 3.8) is 0 Å². The molecule has 88 valence electrons. The summed E-state index contributed by atoms with van der Waals surface area (Å²) in [6, 6.07) is 0. The third-order valence-corrected chi connectivity index (χ3v) is 3.51. The Morgan fingerprint density at radius 1 is 1.40 bits per heavy atom. The summed E-state index contributed by atoms with van der Waals surface area (Å²) in [4.78, 5) is 11.2. The highest BCUT2D eigenvalue weighted by Crippen LogP contribution is 2.32. The molecule has 1 fully saturated rings. The number of hydrogen-bond acceptors (Lipinski definition) is 2. The topological polar surface area (TPSA) is 41.1 Å². The molecule has 0 aromatic carbocycles. The first-order valence-electron chi connectivity index (χ1n) is 6.03. The van der Waals surface area contributed by atoms with Crippen LogP contribution >= 0.6 is 0 Å². The molecule has 15 heavy (non-hydrogen) atoms. The number of carbonyl (C=O) groups excluding carboxylic acids is 1. The van der Waals surface area contributed by atoms with Gasteiger partial charge in [0.2, 0.25) is 5.91 Å². The van der Waals surface area contributed by atoms with Crippen LogP contribution in [0.1, 0.15) is 40.0 Å². The summed E-state index contributed by atoms with van der Waals surface area (Å²) in [7, 11) is 0. The zero-order chi connectivity index (χ0) is 11.3. The van der Waals surface area contributed by atoms with Crippen molar-refractivity contribution in [1.82, 2.24) is 10.6 Å². The van der Waals surface area contributed by atoms with Gasteiger partial charge in [0.1, 0.15) is 0 Å². The molecule has 0 radical (unpaired) electrons. The van der Waals surface area contributed by atoms with Crippen molar-refractivity contribution in [2.24, 2.45) is 11.3 Å². The van der Waals surface area contributed by atoms with E-state index in [2.05, 4.69) is 24.5 Å². The van der Waals surface area contributed by atoms with Crippen LogP contribution < -0.4 is 10.6 Å². The molecule has 0 unspecified atom stereocenters. The lowest BCUT2D eigenvalue weighted by molar-refractivity contribution is -0.121. The van der Waals surface area contributed by atoms with Crippen LogP contribution in [-0.4, -0.2) is 25.5 Å². The molecule has 0 aromatic heterocycles. The van der Waals surface area contributed by atoms with E-state index in [-0.39, 0.29) is 11.3 Å². The van der Waals surface area contributed by atoms with Crippen molar-refractivity contribution in [3.8, 4) is 0 Å². The molecule has 1 saturated heterocycles. The third kappa shape index (κ3) is 3.82. The van der Waals surface area contributed by atoms with Crippen LogP contribution in [0.3, 0.4) is 0 Å². The van der Waals surface area contributed by atoms with Gasteiger partial charge in [-0.25, -0.2) is 0 Å². The zero-order valence-electron chi connectivity index (χ0n) is 10.2. The molecule has 0 aliphatic carbocycles. The SMILES string of the molecule is CCC(=O)NCC(C)(C)C1CCNCC1. The van der Waals surface area contributed by atoms with E-state index >= 15 is 0 Å². The van der Waals surface area contributed by atoms with E-state index in [0.29, 0.717) is 6.42 Å². The van der Waals surface area contributed by atoms with Gasteiger partial charge in [-0.15, -0.1) is 0 Å². The van der Waals surface area contributed by atoms with Crippen molar-refractivity contribution >= 4 is 5.91 Å². The van der Waals surface area contributed by atoms with Crippen molar-refractivity contribution in [3.05, 3.63) is 0 Å². The minimum Gasteiger partial charge on any atom is -0.356 e. The highest BCUT2D eigenvalue weighted by atomic mass is 16.1. The average Bonchev–Trinajstić information content (AvgIpc) is 2.27. The normalized spacial score (nSPS) is 18.9. The van der Waals surface area contributed by atoms with Gasteiger partial charge >= 0.3 is 0 Å². The van der Waals surface area contributed by atoms with Crippen LogP contribution in [0, 0.1) is 11.3 Å². The van der Waals surface area contributed by atoms with Gasteiger partial charge in [-0.05, 0) is 37.3 Å². The predicted molar refractivity (Wildman–Crippen MR) is 62.7 cm³/mol. The fraction of sp³-hybridized carbons (Fsp3) is 0.917. The molecule has 2 N–H and O–H groups in total. The molecule has 0 saturated carbocycles. The monoisotopic (exact) mass is 212 g/mol. The maximum atomic E-state index is 11.2. The molecule has 0 bridgehead atoms. The number of rotatable bonds is 4. The molecule has 0 aromatic rings. The Balaban J connectivity index is 2.38. The summed E-state index contributed by atoms with van der Waals surface area (Å²) in [5.74, 6) is 0.896. The van der Waals surface area contributed by atoms with Crippen LogP contribution in [-0.2, 0) is 4.79 Å². The Kier molecular flexibility index (Phi) is 4.58. The first-order chi connectivity index (χ1) is 7.06. The lowest BCUT2D eigenvalue weighted by Gasteiger charge is -2.37. The molecule has 1 heterocycles. The van der Waals surface area contributed by atoms with Crippen LogP contribution in [0.25, 0.3) is 0 Å². The quantitative estimate of drug-likeness (QED) is 0.742. The molecule has 1 amide bonds.